The maximum Gasteiger partial charge on any atom is 0.238 e. The van der Waals surface area contributed by atoms with Crippen LogP contribution in [0.2, 0.25) is 0 Å². The van der Waals surface area contributed by atoms with Gasteiger partial charge in [-0.05, 0) is 36.8 Å². The van der Waals surface area contributed by atoms with E-state index in [4.69, 9.17) is 4.74 Å². The summed E-state index contributed by atoms with van der Waals surface area (Å²) in [6.07, 6.45) is 0. The molecule has 1 saturated heterocycles. The first-order valence-electron chi connectivity index (χ1n) is 6.83. The van der Waals surface area contributed by atoms with Crippen LogP contribution in [0.1, 0.15) is 16.5 Å². The van der Waals surface area contributed by atoms with Crippen molar-refractivity contribution < 1.29 is 9.53 Å². The van der Waals surface area contributed by atoms with Crippen molar-refractivity contribution >= 4 is 23.4 Å². The summed E-state index contributed by atoms with van der Waals surface area (Å²) < 4.78 is 5.19. The van der Waals surface area contributed by atoms with Gasteiger partial charge in [-0.1, -0.05) is 29.8 Å². The molecule has 3 rings (SSSR count). The van der Waals surface area contributed by atoms with Crippen LogP contribution in [-0.4, -0.2) is 18.8 Å². The van der Waals surface area contributed by atoms with Gasteiger partial charge in [-0.2, -0.15) is 0 Å². The standard InChI is InChI=1S/C17H17NO2S/c1-12-3-7-14(8-4-12)18-16(19)11-21-17(18)13-5-9-15(20-2)10-6-13/h3-10,17H,11H2,1-2H3/t17-/m0/s1. The fraction of sp³-hybridized carbons (Fsp3) is 0.235. The van der Waals surface area contributed by atoms with Gasteiger partial charge in [0.1, 0.15) is 11.1 Å². The number of methoxy groups -OCH3 is 1. The second kappa shape index (κ2) is 5.82. The Morgan fingerprint density at radius 2 is 1.76 bits per heavy atom. The summed E-state index contributed by atoms with van der Waals surface area (Å²) in [7, 11) is 1.65. The number of hydrogen-bond donors (Lipinski definition) is 0. The lowest BCUT2D eigenvalue weighted by Crippen LogP contribution is -2.27. The average molecular weight is 299 g/mol. The molecule has 1 amide bonds. The van der Waals surface area contributed by atoms with E-state index in [-0.39, 0.29) is 11.3 Å². The van der Waals surface area contributed by atoms with E-state index in [0.717, 1.165) is 17.0 Å². The van der Waals surface area contributed by atoms with Crippen molar-refractivity contribution in [3.63, 3.8) is 0 Å². The van der Waals surface area contributed by atoms with E-state index in [0.29, 0.717) is 5.75 Å². The molecule has 3 nitrogen and oxygen atoms in total. The highest BCUT2D eigenvalue weighted by Crippen LogP contribution is 2.41. The number of thioether (sulfide) groups is 1. The molecule has 1 atom stereocenters. The molecule has 0 bridgehead atoms. The second-order valence-electron chi connectivity index (χ2n) is 5.04. The zero-order chi connectivity index (χ0) is 14.8. The van der Waals surface area contributed by atoms with Crippen molar-refractivity contribution in [2.45, 2.75) is 12.3 Å². The Labute approximate surface area is 128 Å². The minimum absolute atomic E-state index is 0.0334. The maximum atomic E-state index is 12.2. The van der Waals surface area contributed by atoms with Crippen LogP contribution < -0.4 is 9.64 Å². The number of nitrogens with zero attached hydrogens (tertiary/aromatic N) is 1. The molecular formula is C17H17NO2S. The number of carbonyl (C=O) groups is 1. The van der Waals surface area contributed by atoms with Gasteiger partial charge in [-0.3, -0.25) is 9.69 Å². The third kappa shape index (κ3) is 2.76. The lowest BCUT2D eigenvalue weighted by Gasteiger charge is -2.24. The van der Waals surface area contributed by atoms with Crippen LogP contribution in [0.25, 0.3) is 0 Å². The Morgan fingerprint density at radius 3 is 2.38 bits per heavy atom. The summed E-state index contributed by atoms with van der Waals surface area (Å²) in [5, 5.41) is 0.0334. The molecule has 0 radical (unpaired) electrons. The lowest BCUT2D eigenvalue weighted by atomic mass is 10.1. The number of carbonyl (C=O) groups excluding carboxylic acids is 1. The van der Waals surface area contributed by atoms with Crippen molar-refractivity contribution in [2.75, 3.05) is 17.8 Å². The maximum absolute atomic E-state index is 12.2. The molecular weight excluding hydrogens is 282 g/mol. The van der Waals surface area contributed by atoms with Crippen LogP contribution in [0.4, 0.5) is 5.69 Å². The van der Waals surface area contributed by atoms with E-state index in [9.17, 15) is 4.79 Å². The van der Waals surface area contributed by atoms with E-state index in [1.54, 1.807) is 18.9 Å². The van der Waals surface area contributed by atoms with Crippen molar-refractivity contribution in [3.05, 3.63) is 59.7 Å². The number of amides is 1. The third-order valence-corrected chi connectivity index (χ3v) is 4.79. The molecule has 2 aromatic carbocycles. The summed E-state index contributed by atoms with van der Waals surface area (Å²) in [6.45, 7) is 2.05. The minimum atomic E-state index is 0.0334. The molecule has 108 valence electrons. The van der Waals surface area contributed by atoms with Crippen LogP contribution in [0.15, 0.2) is 48.5 Å². The Morgan fingerprint density at radius 1 is 1.10 bits per heavy atom. The highest BCUT2D eigenvalue weighted by atomic mass is 32.2. The van der Waals surface area contributed by atoms with Crippen LogP contribution in [0, 0.1) is 6.92 Å². The van der Waals surface area contributed by atoms with Gasteiger partial charge >= 0.3 is 0 Å². The molecule has 21 heavy (non-hydrogen) atoms. The Hall–Kier alpha value is -1.94. The fourth-order valence-corrected chi connectivity index (χ4v) is 3.60. The van der Waals surface area contributed by atoms with Crippen molar-refractivity contribution in [1.29, 1.82) is 0 Å². The fourth-order valence-electron chi connectivity index (χ4n) is 2.42. The Bertz CT molecular complexity index is 637. The smallest absolute Gasteiger partial charge is 0.238 e. The zero-order valence-electron chi connectivity index (χ0n) is 12.1. The average Bonchev–Trinajstić information content (AvgIpc) is 2.90. The summed E-state index contributed by atoms with van der Waals surface area (Å²) in [5.74, 6) is 1.50. The quantitative estimate of drug-likeness (QED) is 0.864. The zero-order valence-corrected chi connectivity index (χ0v) is 12.9. The minimum Gasteiger partial charge on any atom is -0.497 e. The van der Waals surface area contributed by atoms with Crippen LogP contribution in [-0.2, 0) is 4.79 Å². The van der Waals surface area contributed by atoms with Gasteiger partial charge in [0.25, 0.3) is 0 Å². The molecule has 1 aliphatic rings. The first-order valence-corrected chi connectivity index (χ1v) is 7.88. The SMILES string of the molecule is COc1ccc([C@@H]2SCC(=O)N2c2ccc(C)cc2)cc1. The van der Waals surface area contributed by atoms with E-state index in [2.05, 4.69) is 0 Å². The highest BCUT2D eigenvalue weighted by molar-refractivity contribution is 8.00. The Kier molecular flexibility index (Phi) is 3.88. The normalized spacial score (nSPS) is 18.1. The summed E-state index contributed by atoms with van der Waals surface area (Å²) >= 11 is 1.66. The lowest BCUT2D eigenvalue weighted by molar-refractivity contribution is -0.115. The topological polar surface area (TPSA) is 29.5 Å². The Balaban J connectivity index is 1.93. The van der Waals surface area contributed by atoms with Crippen LogP contribution in [0.5, 0.6) is 5.75 Å². The van der Waals surface area contributed by atoms with Crippen molar-refractivity contribution in [3.8, 4) is 5.75 Å². The van der Waals surface area contributed by atoms with E-state index < -0.39 is 0 Å². The largest absolute Gasteiger partial charge is 0.497 e. The van der Waals surface area contributed by atoms with Crippen LogP contribution in [0.3, 0.4) is 0 Å². The first kappa shape index (κ1) is 14.0. The van der Waals surface area contributed by atoms with Crippen molar-refractivity contribution in [1.82, 2.24) is 0 Å². The molecule has 0 unspecified atom stereocenters. The number of hydrogen-bond acceptors (Lipinski definition) is 3. The van der Waals surface area contributed by atoms with Crippen molar-refractivity contribution in [2.24, 2.45) is 0 Å². The number of anilines is 1. The molecule has 0 aromatic heterocycles. The molecule has 4 heteroatoms. The molecule has 1 fully saturated rings. The van der Waals surface area contributed by atoms with E-state index in [1.165, 1.54) is 5.56 Å². The molecule has 0 N–H and O–H groups in total. The van der Waals surface area contributed by atoms with Gasteiger partial charge in [0.05, 0.1) is 12.9 Å². The molecule has 0 spiro atoms. The van der Waals surface area contributed by atoms with Gasteiger partial charge in [-0.25, -0.2) is 0 Å². The second-order valence-corrected chi connectivity index (χ2v) is 6.10. The highest BCUT2D eigenvalue weighted by Gasteiger charge is 2.33. The number of benzene rings is 2. The number of rotatable bonds is 3. The molecule has 2 aromatic rings. The summed E-state index contributed by atoms with van der Waals surface area (Å²) in [6, 6.07) is 16.0. The third-order valence-electron chi connectivity index (χ3n) is 3.58. The molecule has 0 aliphatic carbocycles. The summed E-state index contributed by atoms with van der Waals surface area (Å²) in [5.41, 5.74) is 3.27. The number of aryl methyl sites for hydroxylation is 1. The molecule has 1 aliphatic heterocycles. The predicted molar refractivity (Wildman–Crippen MR) is 86.9 cm³/mol. The van der Waals surface area contributed by atoms with Crippen LogP contribution >= 0.6 is 11.8 Å². The van der Waals surface area contributed by atoms with Gasteiger partial charge < -0.3 is 4.74 Å². The molecule has 0 saturated carbocycles. The van der Waals surface area contributed by atoms with E-state index in [1.807, 2.05) is 60.4 Å². The van der Waals surface area contributed by atoms with Gasteiger partial charge in [0.2, 0.25) is 5.91 Å². The first-order chi connectivity index (χ1) is 10.2. The molecule has 1 heterocycles. The number of ether oxygens (including phenoxy) is 1. The van der Waals surface area contributed by atoms with Gasteiger partial charge in [-0.15, -0.1) is 11.8 Å². The van der Waals surface area contributed by atoms with Gasteiger partial charge in [0, 0.05) is 5.69 Å². The predicted octanol–water partition coefficient (Wildman–Crippen LogP) is 3.78. The van der Waals surface area contributed by atoms with Gasteiger partial charge in [0.15, 0.2) is 0 Å². The van der Waals surface area contributed by atoms with E-state index >= 15 is 0 Å². The monoisotopic (exact) mass is 299 g/mol. The summed E-state index contributed by atoms with van der Waals surface area (Å²) in [4.78, 5) is 14.1.